The van der Waals surface area contributed by atoms with Gasteiger partial charge in [0.25, 0.3) is 5.03 Å². The Hall–Kier alpha value is -2.53. The van der Waals surface area contributed by atoms with Crippen molar-refractivity contribution < 1.29 is 9.52 Å². The normalized spacial score (nSPS) is 12.0. The second-order valence-corrected chi connectivity index (χ2v) is 6.50. The van der Waals surface area contributed by atoms with E-state index in [1.54, 1.807) is 25.1 Å². The lowest BCUT2D eigenvalue weighted by atomic mass is 10.1. The molecule has 1 N–H and O–H groups in total. The lowest BCUT2D eigenvalue weighted by Crippen LogP contribution is -2.30. The van der Waals surface area contributed by atoms with Crippen LogP contribution in [0.1, 0.15) is 6.92 Å². The number of thioether (sulfide) groups is 1. The summed E-state index contributed by atoms with van der Waals surface area (Å²) in [5.74, 6) is -0.129. The van der Waals surface area contributed by atoms with E-state index >= 15 is 0 Å². The molecule has 0 aliphatic carbocycles. The largest absolute Gasteiger partial charge is 0.618 e. The number of carbonyl (C=O) groups excluding carboxylic acids is 1. The molecule has 0 bridgehead atoms. The van der Waals surface area contributed by atoms with Crippen molar-refractivity contribution in [2.75, 3.05) is 5.32 Å². The maximum Gasteiger partial charge on any atom is 0.252 e. The van der Waals surface area contributed by atoms with Gasteiger partial charge in [0.15, 0.2) is 6.20 Å². The zero-order chi connectivity index (χ0) is 16.2. The fourth-order valence-corrected chi connectivity index (χ4v) is 3.16. The zero-order valence-corrected chi connectivity index (χ0v) is 13.4. The Bertz CT molecular complexity index is 846. The molecule has 3 aromatic rings. The SMILES string of the molecule is C[C@H](Sc1cccc[n+]1[O-])C(=O)Nc1cccc2ccccc12. The number of hydrogen-bond donors (Lipinski definition) is 1. The van der Waals surface area contributed by atoms with Gasteiger partial charge in [0, 0.05) is 23.2 Å². The quantitative estimate of drug-likeness (QED) is 0.453. The van der Waals surface area contributed by atoms with E-state index < -0.39 is 0 Å². The molecule has 0 radical (unpaired) electrons. The van der Waals surface area contributed by atoms with Crippen LogP contribution in [-0.4, -0.2) is 11.2 Å². The van der Waals surface area contributed by atoms with Crippen LogP contribution in [0.5, 0.6) is 0 Å². The third-order valence-corrected chi connectivity index (χ3v) is 4.63. The number of benzene rings is 2. The number of pyridine rings is 1. The molecule has 116 valence electrons. The highest BCUT2D eigenvalue weighted by atomic mass is 32.2. The van der Waals surface area contributed by atoms with E-state index in [4.69, 9.17) is 0 Å². The summed E-state index contributed by atoms with van der Waals surface area (Å²) in [5, 5.41) is 16.8. The number of aromatic nitrogens is 1. The first-order chi connectivity index (χ1) is 11.1. The minimum absolute atomic E-state index is 0.129. The van der Waals surface area contributed by atoms with E-state index in [9.17, 15) is 10.0 Å². The molecule has 4 nitrogen and oxygen atoms in total. The van der Waals surface area contributed by atoms with Gasteiger partial charge in [-0.2, -0.15) is 4.73 Å². The molecule has 1 heterocycles. The minimum atomic E-state index is -0.378. The van der Waals surface area contributed by atoms with E-state index in [0.29, 0.717) is 5.03 Å². The van der Waals surface area contributed by atoms with Gasteiger partial charge in [-0.3, -0.25) is 4.79 Å². The Morgan fingerprint density at radius 3 is 2.65 bits per heavy atom. The molecule has 0 aliphatic heterocycles. The maximum absolute atomic E-state index is 12.4. The number of hydrogen-bond acceptors (Lipinski definition) is 3. The Morgan fingerprint density at radius 1 is 1.09 bits per heavy atom. The first-order valence-corrected chi connectivity index (χ1v) is 8.16. The molecule has 2 aromatic carbocycles. The molecular weight excluding hydrogens is 308 g/mol. The van der Waals surface area contributed by atoms with Crippen molar-refractivity contribution in [1.29, 1.82) is 0 Å². The summed E-state index contributed by atoms with van der Waals surface area (Å²) >= 11 is 1.24. The van der Waals surface area contributed by atoms with Crippen molar-refractivity contribution in [2.45, 2.75) is 17.2 Å². The van der Waals surface area contributed by atoms with Crippen LogP contribution in [0.25, 0.3) is 10.8 Å². The average molecular weight is 324 g/mol. The Balaban J connectivity index is 1.77. The maximum atomic E-state index is 12.4. The van der Waals surface area contributed by atoms with E-state index in [1.807, 2.05) is 42.5 Å². The zero-order valence-electron chi connectivity index (χ0n) is 12.6. The summed E-state index contributed by atoms with van der Waals surface area (Å²) in [6.45, 7) is 1.79. The van der Waals surface area contributed by atoms with Crippen LogP contribution in [-0.2, 0) is 4.79 Å². The molecule has 1 atom stereocenters. The van der Waals surface area contributed by atoms with Crippen molar-refractivity contribution in [3.8, 4) is 0 Å². The second kappa shape index (κ2) is 6.71. The molecule has 1 amide bonds. The minimum Gasteiger partial charge on any atom is -0.618 e. The third-order valence-electron chi connectivity index (χ3n) is 3.50. The predicted molar refractivity (Wildman–Crippen MR) is 93.3 cm³/mol. The summed E-state index contributed by atoms with van der Waals surface area (Å²) in [5.41, 5.74) is 0.781. The van der Waals surface area contributed by atoms with Crippen LogP contribution in [0.15, 0.2) is 71.9 Å². The molecule has 0 aliphatic rings. The Morgan fingerprint density at radius 2 is 1.83 bits per heavy atom. The molecule has 0 unspecified atom stereocenters. The molecule has 23 heavy (non-hydrogen) atoms. The highest BCUT2D eigenvalue weighted by Gasteiger charge is 2.19. The van der Waals surface area contributed by atoms with Gasteiger partial charge in [-0.25, -0.2) is 0 Å². The molecule has 5 heteroatoms. The first kappa shape index (κ1) is 15.4. The number of rotatable bonds is 4. The van der Waals surface area contributed by atoms with E-state index in [1.165, 1.54) is 18.0 Å². The van der Waals surface area contributed by atoms with Gasteiger partial charge in [-0.15, -0.1) is 0 Å². The highest BCUT2D eigenvalue weighted by Crippen LogP contribution is 2.25. The fourth-order valence-electron chi connectivity index (χ4n) is 2.31. The molecule has 3 rings (SSSR count). The molecule has 1 aromatic heterocycles. The van der Waals surface area contributed by atoms with Crippen LogP contribution in [0.3, 0.4) is 0 Å². The van der Waals surface area contributed by atoms with Gasteiger partial charge in [0.2, 0.25) is 5.91 Å². The van der Waals surface area contributed by atoms with Crippen LogP contribution in [0.2, 0.25) is 0 Å². The summed E-state index contributed by atoms with van der Waals surface area (Å²) in [4.78, 5) is 12.4. The van der Waals surface area contributed by atoms with Crippen molar-refractivity contribution in [3.05, 3.63) is 72.1 Å². The standard InChI is InChI=1S/C18H16N2O2S/c1-13(23-17-11-4-5-12-20(17)22)18(21)19-16-10-6-8-14-7-2-3-9-15(14)16/h2-13H,1H3,(H,19,21)/t13-/m0/s1. The van der Waals surface area contributed by atoms with E-state index in [2.05, 4.69) is 5.32 Å². The van der Waals surface area contributed by atoms with Gasteiger partial charge in [-0.05, 0) is 36.2 Å². The van der Waals surface area contributed by atoms with Crippen molar-refractivity contribution in [1.82, 2.24) is 0 Å². The number of nitrogens with one attached hydrogen (secondary N) is 1. The van der Waals surface area contributed by atoms with Gasteiger partial charge in [0.05, 0.1) is 5.25 Å². The van der Waals surface area contributed by atoms with Crippen molar-refractivity contribution in [2.24, 2.45) is 0 Å². The van der Waals surface area contributed by atoms with Crippen LogP contribution in [0, 0.1) is 5.21 Å². The fraction of sp³-hybridized carbons (Fsp3) is 0.111. The van der Waals surface area contributed by atoms with Gasteiger partial charge in [0.1, 0.15) is 0 Å². The summed E-state index contributed by atoms with van der Waals surface area (Å²) < 4.78 is 0.770. The predicted octanol–water partition coefficient (Wildman–Crippen LogP) is 3.59. The highest BCUT2D eigenvalue weighted by molar-refractivity contribution is 8.00. The Kier molecular flexibility index (Phi) is 4.48. The molecular formula is C18H16N2O2S. The monoisotopic (exact) mass is 324 g/mol. The van der Waals surface area contributed by atoms with Crippen molar-refractivity contribution in [3.63, 3.8) is 0 Å². The van der Waals surface area contributed by atoms with Crippen LogP contribution in [0.4, 0.5) is 5.69 Å². The van der Waals surface area contributed by atoms with Crippen LogP contribution < -0.4 is 10.0 Å². The summed E-state index contributed by atoms with van der Waals surface area (Å²) in [6.07, 6.45) is 1.43. The third kappa shape index (κ3) is 3.46. The van der Waals surface area contributed by atoms with Crippen molar-refractivity contribution >= 4 is 34.1 Å². The summed E-state index contributed by atoms with van der Waals surface area (Å²) in [7, 11) is 0. The first-order valence-electron chi connectivity index (χ1n) is 7.28. The number of carbonyl (C=O) groups is 1. The molecule has 0 spiro atoms. The average Bonchev–Trinajstić information content (AvgIpc) is 2.57. The molecule has 0 saturated heterocycles. The number of anilines is 1. The van der Waals surface area contributed by atoms with E-state index in [0.717, 1.165) is 21.2 Å². The number of amides is 1. The number of nitrogens with zero attached hydrogens (tertiary/aromatic N) is 1. The summed E-state index contributed by atoms with van der Waals surface area (Å²) in [6, 6.07) is 18.9. The molecule has 0 saturated carbocycles. The van der Waals surface area contributed by atoms with Crippen LogP contribution >= 0.6 is 11.8 Å². The van der Waals surface area contributed by atoms with Gasteiger partial charge >= 0.3 is 0 Å². The van der Waals surface area contributed by atoms with Gasteiger partial charge in [-0.1, -0.05) is 36.4 Å². The lowest BCUT2D eigenvalue weighted by Gasteiger charge is -2.13. The number of fused-ring (bicyclic) bond motifs is 1. The smallest absolute Gasteiger partial charge is 0.252 e. The molecule has 0 fully saturated rings. The topological polar surface area (TPSA) is 56.0 Å². The Labute approximate surface area is 138 Å². The second-order valence-electron chi connectivity index (χ2n) is 5.14. The lowest BCUT2D eigenvalue weighted by molar-refractivity contribution is -0.645. The van der Waals surface area contributed by atoms with E-state index in [-0.39, 0.29) is 11.2 Å². The van der Waals surface area contributed by atoms with Gasteiger partial charge < -0.3 is 10.5 Å².